The molecule has 1 heterocycles. The number of nitrogens with one attached hydrogen (secondary N) is 1. The average Bonchev–Trinajstić information content (AvgIpc) is 2.33. The van der Waals surface area contributed by atoms with Crippen LogP contribution in [0, 0.1) is 22.7 Å². The molecule has 0 aromatic heterocycles. The van der Waals surface area contributed by atoms with Crippen molar-refractivity contribution in [3.05, 3.63) is 0 Å². The molecule has 21 heavy (non-hydrogen) atoms. The van der Waals surface area contributed by atoms with Crippen LogP contribution in [0.1, 0.15) is 59.3 Å². The predicted molar refractivity (Wildman–Crippen MR) is 83.9 cm³/mol. The maximum Gasteiger partial charge on any atom is 0.228 e. The van der Waals surface area contributed by atoms with Crippen LogP contribution < -0.4 is 5.32 Å². The van der Waals surface area contributed by atoms with Gasteiger partial charge in [-0.15, -0.1) is 0 Å². The number of carbonyl (C=O) groups excluding carboxylic acids is 1. The van der Waals surface area contributed by atoms with Crippen LogP contribution in [0.4, 0.5) is 0 Å². The first-order chi connectivity index (χ1) is 9.87. The third-order valence-electron chi connectivity index (χ3n) is 6.65. The maximum atomic E-state index is 13.4. The molecule has 5 aliphatic rings. The smallest absolute Gasteiger partial charge is 0.228 e. The summed E-state index contributed by atoms with van der Waals surface area (Å²) >= 11 is 0. The lowest BCUT2D eigenvalue weighted by atomic mass is 9.44. The van der Waals surface area contributed by atoms with Gasteiger partial charge in [-0.25, -0.2) is 0 Å². The fraction of sp³-hybridized carbons (Fsp3) is 0.944. The molecule has 1 N–H and O–H groups in total. The van der Waals surface area contributed by atoms with E-state index in [0.717, 1.165) is 24.9 Å². The molecule has 0 aromatic rings. The lowest BCUT2D eigenvalue weighted by Crippen LogP contribution is -2.62. The fourth-order valence-corrected chi connectivity index (χ4v) is 6.80. The Bertz CT molecular complexity index is 436. The highest BCUT2D eigenvalue weighted by Gasteiger charge is 2.59. The summed E-state index contributed by atoms with van der Waals surface area (Å²) < 4.78 is 0. The minimum absolute atomic E-state index is 0.00954. The number of hydrogen-bond donors (Lipinski definition) is 1. The van der Waals surface area contributed by atoms with Crippen molar-refractivity contribution in [3.8, 4) is 0 Å². The third kappa shape index (κ3) is 2.23. The van der Waals surface area contributed by atoms with Gasteiger partial charge in [0.15, 0.2) is 0 Å². The monoisotopic (exact) mass is 290 g/mol. The van der Waals surface area contributed by atoms with Crippen molar-refractivity contribution in [2.75, 3.05) is 13.1 Å². The zero-order valence-electron chi connectivity index (χ0n) is 13.8. The van der Waals surface area contributed by atoms with Gasteiger partial charge < -0.3 is 10.2 Å². The summed E-state index contributed by atoms with van der Waals surface area (Å²) in [5, 5.41) is 3.55. The van der Waals surface area contributed by atoms with Gasteiger partial charge >= 0.3 is 0 Å². The molecule has 4 saturated carbocycles. The van der Waals surface area contributed by atoms with E-state index in [4.69, 9.17) is 0 Å². The van der Waals surface area contributed by atoms with Crippen molar-refractivity contribution >= 4 is 5.91 Å². The first kappa shape index (κ1) is 14.0. The molecule has 1 aliphatic heterocycles. The van der Waals surface area contributed by atoms with Crippen molar-refractivity contribution in [1.29, 1.82) is 0 Å². The predicted octanol–water partition coefficient (Wildman–Crippen LogP) is 2.80. The molecule has 4 bridgehead atoms. The average molecular weight is 290 g/mol. The number of hydrogen-bond acceptors (Lipinski definition) is 2. The minimum Gasteiger partial charge on any atom is -0.339 e. The van der Waals surface area contributed by atoms with E-state index in [0.29, 0.717) is 23.4 Å². The zero-order valence-corrected chi connectivity index (χ0v) is 13.8. The lowest BCUT2D eigenvalue weighted by molar-refractivity contribution is -0.167. The molecule has 5 fully saturated rings. The highest BCUT2D eigenvalue weighted by Crippen LogP contribution is 2.65. The summed E-state index contributed by atoms with van der Waals surface area (Å²) in [6, 6.07) is 0.865. The molecule has 1 amide bonds. The Morgan fingerprint density at radius 3 is 2.14 bits per heavy atom. The van der Waals surface area contributed by atoms with Crippen LogP contribution >= 0.6 is 0 Å². The zero-order chi connectivity index (χ0) is 14.8. The Kier molecular flexibility index (Phi) is 2.99. The van der Waals surface area contributed by atoms with Gasteiger partial charge in [-0.05, 0) is 69.6 Å². The van der Waals surface area contributed by atoms with Gasteiger partial charge in [0, 0.05) is 25.2 Å². The van der Waals surface area contributed by atoms with Crippen molar-refractivity contribution in [2.24, 2.45) is 22.7 Å². The van der Waals surface area contributed by atoms with Gasteiger partial charge in [0.1, 0.15) is 0 Å². The maximum absolute atomic E-state index is 13.4. The summed E-state index contributed by atoms with van der Waals surface area (Å²) in [6.45, 7) is 8.66. The summed E-state index contributed by atoms with van der Waals surface area (Å²) in [6.07, 6.45) is 7.70. The number of rotatable bonds is 1. The normalized spacial score (nSPS) is 52.2. The van der Waals surface area contributed by atoms with Crippen molar-refractivity contribution in [3.63, 3.8) is 0 Å². The highest BCUT2D eigenvalue weighted by atomic mass is 16.2. The van der Waals surface area contributed by atoms with Crippen LogP contribution in [0.15, 0.2) is 0 Å². The quantitative estimate of drug-likeness (QED) is 0.805. The SMILES string of the molecule is CC1CN(C(=O)C23CC4CC(CC(C)(C4)C2)C3)CC(C)N1. The molecule has 4 atom stereocenters. The number of amides is 1. The van der Waals surface area contributed by atoms with Crippen LogP contribution in [0.25, 0.3) is 0 Å². The Morgan fingerprint density at radius 2 is 1.62 bits per heavy atom. The molecule has 3 heteroatoms. The molecular formula is C18H30N2O. The van der Waals surface area contributed by atoms with Crippen LogP contribution in [-0.2, 0) is 4.79 Å². The Balaban J connectivity index is 1.59. The van der Waals surface area contributed by atoms with Gasteiger partial charge in [0.2, 0.25) is 5.91 Å². The van der Waals surface area contributed by atoms with Crippen LogP contribution in [0.3, 0.4) is 0 Å². The topological polar surface area (TPSA) is 32.3 Å². The van der Waals surface area contributed by atoms with E-state index in [1.54, 1.807) is 0 Å². The molecule has 0 radical (unpaired) electrons. The first-order valence-corrected chi connectivity index (χ1v) is 8.93. The summed E-state index contributed by atoms with van der Waals surface area (Å²) in [7, 11) is 0. The van der Waals surface area contributed by atoms with E-state index < -0.39 is 0 Å². The van der Waals surface area contributed by atoms with E-state index in [-0.39, 0.29) is 5.41 Å². The van der Waals surface area contributed by atoms with Gasteiger partial charge in [0.05, 0.1) is 5.41 Å². The van der Waals surface area contributed by atoms with Crippen LogP contribution in [-0.4, -0.2) is 36.0 Å². The lowest BCUT2D eigenvalue weighted by Gasteiger charge is -2.61. The molecule has 1 saturated heterocycles. The Morgan fingerprint density at radius 1 is 1.05 bits per heavy atom. The molecule has 4 unspecified atom stereocenters. The third-order valence-corrected chi connectivity index (χ3v) is 6.65. The van der Waals surface area contributed by atoms with Crippen LogP contribution in [0.5, 0.6) is 0 Å². The number of nitrogens with zero attached hydrogens (tertiary/aromatic N) is 1. The first-order valence-electron chi connectivity index (χ1n) is 8.93. The molecule has 0 spiro atoms. The summed E-state index contributed by atoms with van der Waals surface area (Å²) in [5.41, 5.74) is 0.473. The second-order valence-electron chi connectivity index (χ2n) is 9.23. The van der Waals surface area contributed by atoms with Crippen molar-refractivity contribution in [1.82, 2.24) is 10.2 Å². The van der Waals surface area contributed by atoms with Gasteiger partial charge in [-0.2, -0.15) is 0 Å². The second kappa shape index (κ2) is 4.47. The van der Waals surface area contributed by atoms with E-state index in [1.807, 2.05) is 0 Å². The fourth-order valence-electron chi connectivity index (χ4n) is 6.80. The van der Waals surface area contributed by atoms with Crippen LogP contribution in [0.2, 0.25) is 0 Å². The standard InChI is InChI=1S/C18H30N2O/c1-12-9-20(10-13(2)19-12)16(21)18-7-14-4-15(8-18)6-17(3,5-14)11-18/h12-15,19H,4-11H2,1-3H3. The number of carbonyl (C=O) groups is 1. The highest BCUT2D eigenvalue weighted by molar-refractivity contribution is 5.83. The van der Waals surface area contributed by atoms with E-state index in [1.165, 1.54) is 38.5 Å². The van der Waals surface area contributed by atoms with Gasteiger partial charge in [-0.3, -0.25) is 4.79 Å². The summed E-state index contributed by atoms with van der Waals surface area (Å²) in [5.74, 6) is 2.17. The van der Waals surface area contributed by atoms with Gasteiger partial charge in [0.25, 0.3) is 0 Å². The van der Waals surface area contributed by atoms with Crippen molar-refractivity contribution < 1.29 is 4.79 Å². The molecule has 0 aromatic carbocycles. The number of piperazine rings is 1. The van der Waals surface area contributed by atoms with E-state index in [2.05, 4.69) is 31.0 Å². The molecule has 4 aliphatic carbocycles. The van der Waals surface area contributed by atoms with E-state index in [9.17, 15) is 4.79 Å². The Hall–Kier alpha value is -0.570. The largest absolute Gasteiger partial charge is 0.339 e. The summed E-state index contributed by atoms with van der Waals surface area (Å²) in [4.78, 5) is 15.6. The van der Waals surface area contributed by atoms with Gasteiger partial charge in [-0.1, -0.05) is 6.92 Å². The molecule has 5 rings (SSSR count). The molecule has 3 nitrogen and oxygen atoms in total. The molecular weight excluding hydrogens is 260 g/mol. The van der Waals surface area contributed by atoms with Crippen molar-refractivity contribution in [2.45, 2.75) is 71.4 Å². The molecule has 118 valence electrons. The Labute approximate surface area is 128 Å². The second-order valence-corrected chi connectivity index (χ2v) is 9.23. The minimum atomic E-state index is 0.00954. The van der Waals surface area contributed by atoms with E-state index >= 15 is 0 Å².